The first kappa shape index (κ1) is 41.1. The molecule has 14 heteroatoms. The lowest BCUT2D eigenvalue weighted by atomic mass is 10.0. The predicted octanol–water partition coefficient (Wildman–Crippen LogP) is 4.56. The monoisotopic (exact) mass is 707 g/mol. The molecule has 3 unspecified atom stereocenters. The van der Waals surface area contributed by atoms with Crippen molar-refractivity contribution in [1.29, 1.82) is 0 Å². The lowest BCUT2D eigenvalue weighted by molar-refractivity contribution is -0.121. The summed E-state index contributed by atoms with van der Waals surface area (Å²) in [4.78, 5) is 47.2. The van der Waals surface area contributed by atoms with Crippen LogP contribution in [0.25, 0.3) is 0 Å². The van der Waals surface area contributed by atoms with Crippen molar-refractivity contribution in [2.75, 3.05) is 76.7 Å². The predicted molar refractivity (Wildman–Crippen MR) is 188 cm³/mol. The molecule has 0 spiro atoms. The second-order valence-corrected chi connectivity index (χ2v) is 15.4. The summed E-state index contributed by atoms with van der Waals surface area (Å²) >= 11 is 1.92. The van der Waals surface area contributed by atoms with Crippen molar-refractivity contribution in [3.63, 3.8) is 0 Å². The van der Waals surface area contributed by atoms with E-state index >= 15 is 0 Å². The summed E-state index contributed by atoms with van der Waals surface area (Å²) in [5.41, 5.74) is 0. The van der Waals surface area contributed by atoms with Gasteiger partial charge >= 0.3 is 6.03 Å². The van der Waals surface area contributed by atoms with Crippen LogP contribution in [0.15, 0.2) is 0 Å². The van der Waals surface area contributed by atoms with Crippen LogP contribution in [0.4, 0.5) is 4.79 Å². The summed E-state index contributed by atoms with van der Waals surface area (Å²) in [7, 11) is 3.41. The molecule has 46 heavy (non-hydrogen) atoms. The fraction of sp³-hybridized carbons (Fsp3) is 0.875. The van der Waals surface area contributed by atoms with Gasteiger partial charge in [0.25, 0.3) is 0 Å². The molecule has 2 heterocycles. The van der Waals surface area contributed by atoms with Crippen LogP contribution >= 0.6 is 33.3 Å². The number of amides is 3. The lowest BCUT2D eigenvalue weighted by Gasteiger charge is -2.16. The Morgan fingerprint density at radius 3 is 2.11 bits per heavy atom. The molecular weight excluding hydrogens is 651 g/mol. The molecule has 0 saturated carbocycles. The smallest absolute Gasteiger partial charge is 0.315 e. The molecule has 11 nitrogen and oxygen atoms in total. The average molecular weight is 708 g/mol. The topological polar surface area (TPSA) is 141 Å². The molecule has 0 aliphatic carbocycles. The summed E-state index contributed by atoms with van der Waals surface area (Å²) in [6.07, 6.45) is 9.33. The van der Waals surface area contributed by atoms with Gasteiger partial charge in [-0.3, -0.25) is 14.4 Å². The Bertz CT molecular complexity index is 857. The number of ether oxygens (including phenoxy) is 4. The van der Waals surface area contributed by atoms with E-state index in [9.17, 15) is 19.2 Å². The van der Waals surface area contributed by atoms with E-state index in [0.29, 0.717) is 90.2 Å². The van der Waals surface area contributed by atoms with Gasteiger partial charge in [0.1, 0.15) is 11.6 Å². The highest BCUT2D eigenvalue weighted by molar-refractivity contribution is 8.76. The molecule has 0 radical (unpaired) electrons. The van der Waals surface area contributed by atoms with E-state index in [1.165, 1.54) is 0 Å². The van der Waals surface area contributed by atoms with Gasteiger partial charge in [0.05, 0.1) is 58.3 Å². The van der Waals surface area contributed by atoms with Gasteiger partial charge < -0.3 is 34.9 Å². The second kappa shape index (κ2) is 27.9. The third-order valence-corrected chi connectivity index (χ3v) is 11.6. The summed E-state index contributed by atoms with van der Waals surface area (Å²) in [5.74, 6) is 3.29. The summed E-state index contributed by atoms with van der Waals surface area (Å²) in [5, 5.41) is 9.35. The number of urea groups is 1. The van der Waals surface area contributed by atoms with E-state index < -0.39 is 0 Å². The zero-order chi connectivity index (χ0) is 33.1. The number of nitrogens with one attached hydrogen (secondary N) is 3. The molecule has 3 N–H and O–H groups in total. The quantitative estimate of drug-likeness (QED) is 0.0515. The Labute approximate surface area is 288 Å². The average Bonchev–Trinajstić information content (AvgIpc) is 3.59. The molecule has 0 bridgehead atoms. The number of carbonyl (C=O) groups is 4. The summed E-state index contributed by atoms with van der Waals surface area (Å²) < 4.78 is 22.0. The highest BCUT2D eigenvalue weighted by atomic mass is 33.1. The van der Waals surface area contributed by atoms with E-state index in [4.69, 9.17) is 18.9 Å². The molecule has 2 rings (SSSR count). The summed E-state index contributed by atoms with van der Waals surface area (Å²) in [6.45, 7) is 6.68. The molecule has 266 valence electrons. The SMILES string of the molecule is CCCCNC(=O)CCSSCCCC(=O)CCOCCOCCOCCOCCCC(=O)CCCCC1SCC2NC(=O)NC21. The number of Topliss-reactive ketones (excluding diaryl/α,β-unsaturated/α-hetero) is 2. The van der Waals surface area contributed by atoms with Crippen LogP contribution in [0.3, 0.4) is 0 Å². The van der Waals surface area contributed by atoms with Crippen molar-refractivity contribution in [3.8, 4) is 0 Å². The molecule has 3 amide bonds. The fourth-order valence-corrected chi connectivity index (χ4v) is 8.57. The fourth-order valence-electron chi connectivity index (χ4n) is 4.95. The molecule has 0 aromatic carbocycles. The third kappa shape index (κ3) is 21.0. The van der Waals surface area contributed by atoms with Crippen LogP contribution in [0.1, 0.15) is 84.0 Å². The Morgan fingerprint density at radius 1 is 0.739 bits per heavy atom. The standard InChI is InChI=1S/C32H57N3O8S3/c1-2-3-14-33-30(38)13-24-46-45-23-7-10-27(37)12-16-41-18-20-43-22-21-42-19-17-40-15-6-9-26(36)8-4-5-11-29-31-28(25-44-29)34-32(39)35-31/h28-29,31H,2-25H2,1H3,(H,33,38)(H2,34,35,39). The first-order valence-electron chi connectivity index (χ1n) is 17.0. The van der Waals surface area contributed by atoms with Crippen molar-refractivity contribution in [2.45, 2.75) is 101 Å². The van der Waals surface area contributed by atoms with Crippen LogP contribution in [0.2, 0.25) is 0 Å². The van der Waals surface area contributed by atoms with Crippen LogP contribution in [0, 0.1) is 0 Å². The van der Waals surface area contributed by atoms with E-state index in [-0.39, 0.29) is 35.6 Å². The highest BCUT2D eigenvalue weighted by Crippen LogP contribution is 2.33. The number of rotatable bonds is 32. The van der Waals surface area contributed by atoms with E-state index in [1.54, 1.807) is 21.6 Å². The normalized spacial score (nSPS) is 18.7. The number of hydrogen-bond acceptors (Lipinski definition) is 11. The molecule has 3 atom stereocenters. The van der Waals surface area contributed by atoms with Gasteiger partial charge in [-0.05, 0) is 32.1 Å². The van der Waals surface area contributed by atoms with Gasteiger partial charge in [-0.1, -0.05) is 41.4 Å². The van der Waals surface area contributed by atoms with Crippen LogP contribution in [0.5, 0.6) is 0 Å². The molecular formula is C32H57N3O8S3. The minimum absolute atomic E-state index is 0.0517. The van der Waals surface area contributed by atoms with Gasteiger partial charge in [-0.25, -0.2) is 4.79 Å². The summed E-state index contributed by atoms with van der Waals surface area (Å²) in [6, 6.07) is 0.443. The van der Waals surface area contributed by atoms with Gasteiger partial charge in [0.15, 0.2) is 0 Å². The Balaban J connectivity index is 1.22. The third-order valence-electron chi connectivity index (χ3n) is 7.55. The van der Waals surface area contributed by atoms with Crippen molar-refractivity contribution in [3.05, 3.63) is 0 Å². The van der Waals surface area contributed by atoms with E-state index in [0.717, 1.165) is 68.7 Å². The number of hydrogen-bond donors (Lipinski definition) is 3. The van der Waals surface area contributed by atoms with E-state index in [1.807, 2.05) is 11.8 Å². The lowest BCUT2D eigenvalue weighted by Crippen LogP contribution is -2.36. The van der Waals surface area contributed by atoms with Crippen molar-refractivity contribution in [2.24, 2.45) is 0 Å². The van der Waals surface area contributed by atoms with Crippen molar-refractivity contribution < 1.29 is 38.1 Å². The zero-order valence-corrected chi connectivity index (χ0v) is 30.1. The molecule has 2 saturated heterocycles. The zero-order valence-electron chi connectivity index (χ0n) is 27.7. The minimum Gasteiger partial charge on any atom is -0.379 e. The maximum atomic E-state index is 12.1. The maximum Gasteiger partial charge on any atom is 0.315 e. The number of fused-ring (bicyclic) bond motifs is 1. The van der Waals surface area contributed by atoms with Gasteiger partial charge in [-0.15, -0.1) is 0 Å². The van der Waals surface area contributed by atoms with E-state index in [2.05, 4.69) is 22.9 Å². The largest absolute Gasteiger partial charge is 0.379 e. The first-order valence-corrected chi connectivity index (χ1v) is 20.6. The van der Waals surface area contributed by atoms with Crippen LogP contribution < -0.4 is 16.0 Å². The van der Waals surface area contributed by atoms with Gasteiger partial charge in [0, 0.05) is 67.8 Å². The molecule has 2 fully saturated rings. The minimum atomic E-state index is -0.0517. The number of carbonyl (C=O) groups excluding carboxylic acids is 4. The molecule has 2 aliphatic heterocycles. The van der Waals surface area contributed by atoms with Gasteiger partial charge in [-0.2, -0.15) is 11.8 Å². The Hall–Kier alpha value is -1.03. The Morgan fingerprint density at radius 2 is 1.37 bits per heavy atom. The van der Waals surface area contributed by atoms with Gasteiger partial charge in [0.2, 0.25) is 5.91 Å². The second-order valence-electron chi connectivity index (χ2n) is 11.4. The number of ketones is 2. The molecule has 0 aromatic heterocycles. The molecule has 0 aromatic rings. The Kier molecular flexibility index (Phi) is 24.9. The van der Waals surface area contributed by atoms with Crippen LogP contribution in [-0.2, 0) is 33.3 Å². The highest BCUT2D eigenvalue weighted by Gasteiger charge is 2.42. The number of unbranched alkanes of at least 4 members (excludes halogenated alkanes) is 2. The first-order chi connectivity index (χ1) is 22.5. The van der Waals surface area contributed by atoms with Crippen molar-refractivity contribution >= 4 is 56.9 Å². The van der Waals surface area contributed by atoms with Crippen LogP contribution in [-0.4, -0.2) is 117 Å². The number of thioether (sulfide) groups is 1. The van der Waals surface area contributed by atoms with Crippen molar-refractivity contribution in [1.82, 2.24) is 16.0 Å². The molecule has 2 aliphatic rings. The maximum absolute atomic E-state index is 12.1.